The highest BCUT2D eigenvalue weighted by molar-refractivity contribution is 5.82. The average Bonchev–Trinajstić information content (AvgIpc) is 2.35. The lowest BCUT2D eigenvalue weighted by Crippen LogP contribution is -2.19. The maximum atomic E-state index is 12.2. The number of aromatic nitrogens is 1. The molecular formula is C15H17NO3. The third-order valence-corrected chi connectivity index (χ3v) is 3.30. The van der Waals surface area contributed by atoms with Crippen molar-refractivity contribution in [2.45, 2.75) is 26.2 Å². The Morgan fingerprint density at radius 1 is 1.05 bits per heavy atom. The number of benzene rings is 1. The van der Waals surface area contributed by atoms with Gasteiger partial charge in [0.25, 0.3) is 0 Å². The second-order valence-electron chi connectivity index (χ2n) is 5.84. The molecule has 0 saturated heterocycles. The molecule has 0 saturated carbocycles. The lowest BCUT2D eigenvalue weighted by Gasteiger charge is -2.21. The predicted molar refractivity (Wildman–Crippen MR) is 74.3 cm³/mol. The van der Waals surface area contributed by atoms with Crippen molar-refractivity contribution in [1.82, 2.24) is 4.98 Å². The van der Waals surface area contributed by atoms with Crippen LogP contribution < -0.4 is 14.9 Å². The summed E-state index contributed by atoms with van der Waals surface area (Å²) in [6, 6.07) is 5.27. The minimum Gasteiger partial charge on any atom is -0.486 e. The minimum absolute atomic E-state index is 0.00986. The number of hydrogen-bond acceptors (Lipinski definition) is 3. The molecule has 2 aromatic rings. The van der Waals surface area contributed by atoms with E-state index in [0.717, 1.165) is 11.2 Å². The van der Waals surface area contributed by atoms with Gasteiger partial charge in [-0.2, -0.15) is 0 Å². The number of H-pyrrole nitrogens is 1. The van der Waals surface area contributed by atoms with Gasteiger partial charge in [-0.25, -0.2) is 0 Å². The fourth-order valence-electron chi connectivity index (χ4n) is 2.19. The third kappa shape index (κ3) is 2.07. The van der Waals surface area contributed by atoms with E-state index in [1.165, 1.54) is 0 Å². The number of rotatable bonds is 0. The summed E-state index contributed by atoms with van der Waals surface area (Å²) in [4.78, 5) is 15.5. The quantitative estimate of drug-likeness (QED) is 0.791. The van der Waals surface area contributed by atoms with Crippen molar-refractivity contribution in [3.05, 3.63) is 34.1 Å². The molecule has 0 amide bonds. The Labute approximate surface area is 111 Å². The van der Waals surface area contributed by atoms with E-state index in [2.05, 4.69) is 25.8 Å². The SMILES string of the molecule is CC(C)(C)c1cc(=O)c2cc3c(cc2[nH]1)OCCO3. The summed E-state index contributed by atoms with van der Waals surface area (Å²) in [5.74, 6) is 1.34. The molecule has 100 valence electrons. The molecule has 4 heteroatoms. The molecule has 0 radical (unpaired) electrons. The van der Waals surface area contributed by atoms with Gasteiger partial charge in [-0.15, -0.1) is 0 Å². The first-order valence-corrected chi connectivity index (χ1v) is 6.42. The van der Waals surface area contributed by atoms with Gasteiger partial charge in [0.2, 0.25) is 0 Å². The summed E-state index contributed by atoms with van der Waals surface area (Å²) in [6.45, 7) is 7.28. The lowest BCUT2D eigenvalue weighted by molar-refractivity contribution is 0.172. The Morgan fingerprint density at radius 3 is 2.32 bits per heavy atom. The Kier molecular flexibility index (Phi) is 2.55. The van der Waals surface area contributed by atoms with Gasteiger partial charge >= 0.3 is 0 Å². The van der Waals surface area contributed by atoms with E-state index in [1.54, 1.807) is 12.1 Å². The molecule has 19 heavy (non-hydrogen) atoms. The van der Waals surface area contributed by atoms with Crippen molar-refractivity contribution in [2.24, 2.45) is 0 Å². The van der Waals surface area contributed by atoms with Gasteiger partial charge in [-0.3, -0.25) is 4.79 Å². The first kappa shape index (κ1) is 12.1. The smallest absolute Gasteiger partial charge is 0.189 e. The molecule has 0 atom stereocenters. The molecule has 1 N–H and O–H groups in total. The molecule has 1 aliphatic heterocycles. The molecule has 1 aromatic heterocycles. The molecule has 0 bridgehead atoms. The average molecular weight is 259 g/mol. The molecule has 0 unspecified atom stereocenters. The van der Waals surface area contributed by atoms with Gasteiger partial charge in [0.05, 0.1) is 5.52 Å². The monoisotopic (exact) mass is 259 g/mol. The van der Waals surface area contributed by atoms with Crippen molar-refractivity contribution >= 4 is 10.9 Å². The van der Waals surface area contributed by atoms with Crippen LogP contribution in [0.2, 0.25) is 0 Å². The van der Waals surface area contributed by atoms with Gasteiger partial charge in [0, 0.05) is 28.6 Å². The normalized spacial score (nSPS) is 14.7. The number of hydrogen-bond donors (Lipinski definition) is 1. The largest absolute Gasteiger partial charge is 0.486 e. The molecule has 0 spiro atoms. The van der Waals surface area contributed by atoms with Crippen molar-refractivity contribution < 1.29 is 9.47 Å². The van der Waals surface area contributed by atoms with Crippen LogP contribution in [0.5, 0.6) is 11.5 Å². The van der Waals surface area contributed by atoms with Crippen LogP contribution in [0.4, 0.5) is 0 Å². The van der Waals surface area contributed by atoms with E-state index < -0.39 is 0 Å². The standard InChI is InChI=1S/C15H17NO3/c1-15(2,3)14-8-11(17)9-6-12-13(7-10(9)16-14)19-5-4-18-12/h6-8H,4-5H2,1-3H3,(H,16,17). The number of ether oxygens (including phenoxy) is 2. The molecule has 1 aromatic carbocycles. The van der Waals surface area contributed by atoms with E-state index in [1.807, 2.05) is 6.07 Å². The van der Waals surface area contributed by atoms with Crippen LogP contribution in [0.25, 0.3) is 10.9 Å². The second-order valence-corrected chi connectivity index (χ2v) is 5.84. The Morgan fingerprint density at radius 2 is 1.68 bits per heavy atom. The number of fused-ring (bicyclic) bond motifs is 2. The molecular weight excluding hydrogens is 242 g/mol. The Balaban J connectivity index is 2.27. The van der Waals surface area contributed by atoms with Crippen molar-refractivity contribution in [2.75, 3.05) is 13.2 Å². The Bertz CT molecular complexity index is 695. The zero-order valence-corrected chi connectivity index (χ0v) is 11.4. The van der Waals surface area contributed by atoms with Gasteiger partial charge in [-0.1, -0.05) is 20.8 Å². The van der Waals surface area contributed by atoms with E-state index in [-0.39, 0.29) is 10.8 Å². The highest BCUT2D eigenvalue weighted by Crippen LogP contribution is 2.33. The third-order valence-electron chi connectivity index (χ3n) is 3.30. The van der Waals surface area contributed by atoms with E-state index in [9.17, 15) is 4.79 Å². The summed E-state index contributed by atoms with van der Waals surface area (Å²) < 4.78 is 11.1. The Hall–Kier alpha value is -1.97. The maximum Gasteiger partial charge on any atom is 0.189 e. The lowest BCUT2D eigenvalue weighted by atomic mass is 9.91. The first-order chi connectivity index (χ1) is 8.95. The summed E-state index contributed by atoms with van der Waals surface area (Å²) in [5, 5.41) is 0.636. The number of aromatic amines is 1. The summed E-state index contributed by atoms with van der Waals surface area (Å²) >= 11 is 0. The van der Waals surface area contributed by atoms with E-state index >= 15 is 0 Å². The van der Waals surface area contributed by atoms with Crippen LogP contribution in [0.1, 0.15) is 26.5 Å². The second kappa shape index (κ2) is 4.02. The zero-order valence-electron chi connectivity index (χ0n) is 11.4. The highest BCUT2D eigenvalue weighted by Gasteiger charge is 2.18. The fourth-order valence-corrected chi connectivity index (χ4v) is 2.19. The number of nitrogens with one attached hydrogen (secondary N) is 1. The van der Waals surface area contributed by atoms with Crippen molar-refractivity contribution in [3.63, 3.8) is 0 Å². The molecule has 0 aliphatic carbocycles. The predicted octanol–water partition coefficient (Wildman–Crippen LogP) is 2.60. The summed E-state index contributed by atoms with van der Waals surface area (Å²) in [6.07, 6.45) is 0. The summed E-state index contributed by atoms with van der Waals surface area (Å²) in [5.41, 5.74) is 1.62. The van der Waals surface area contributed by atoms with Crippen LogP contribution >= 0.6 is 0 Å². The molecule has 2 heterocycles. The molecule has 4 nitrogen and oxygen atoms in total. The van der Waals surface area contributed by atoms with Gasteiger partial charge in [0.15, 0.2) is 16.9 Å². The zero-order chi connectivity index (χ0) is 13.6. The van der Waals surface area contributed by atoms with Gasteiger partial charge in [0.1, 0.15) is 13.2 Å². The van der Waals surface area contributed by atoms with Crippen LogP contribution in [-0.4, -0.2) is 18.2 Å². The minimum atomic E-state index is -0.0966. The van der Waals surface area contributed by atoms with Gasteiger partial charge in [-0.05, 0) is 6.07 Å². The molecule has 3 rings (SSSR count). The van der Waals surface area contributed by atoms with Crippen molar-refractivity contribution in [3.8, 4) is 11.5 Å². The van der Waals surface area contributed by atoms with Crippen LogP contribution in [0.3, 0.4) is 0 Å². The summed E-state index contributed by atoms with van der Waals surface area (Å²) in [7, 11) is 0. The van der Waals surface area contributed by atoms with E-state index in [4.69, 9.17) is 9.47 Å². The maximum absolute atomic E-state index is 12.2. The highest BCUT2D eigenvalue weighted by atomic mass is 16.6. The topological polar surface area (TPSA) is 51.3 Å². The van der Waals surface area contributed by atoms with Gasteiger partial charge < -0.3 is 14.5 Å². The molecule has 1 aliphatic rings. The number of pyridine rings is 1. The van der Waals surface area contributed by atoms with E-state index in [0.29, 0.717) is 30.1 Å². The van der Waals surface area contributed by atoms with Crippen LogP contribution in [0, 0.1) is 0 Å². The van der Waals surface area contributed by atoms with Crippen molar-refractivity contribution in [1.29, 1.82) is 0 Å². The fraction of sp³-hybridized carbons (Fsp3) is 0.400. The first-order valence-electron chi connectivity index (χ1n) is 6.42. The van der Waals surface area contributed by atoms with Crippen LogP contribution in [-0.2, 0) is 5.41 Å². The molecule has 0 fully saturated rings. The van der Waals surface area contributed by atoms with Crippen LogP contribution in [0.15, 0.2) is 23.0 Å².